The molecular formula is C21H25ClN2O3S. The molecule has 3 rings (SSSR count). The van der Waals surface area contributed by atoms with Gasteiger partial charge >= 0.3 is 0 Å². The molecule has 1 heterocycles. The quantitative estimate of drug-likeness (QED) is 0.704. The van der Waals surface area contributed by atoms with E-state index < -0.39 is 15.9 Å². The van der Waals surface area contributed by atoms with Gasteiger partial charge in [0.05, 0.1) is 15.5 Å². The van der Waals surface area contributed by atoms with Gasteiger partial charge in [-0.1, -0.05) is 37.1 Å². The molecule has 0 aliphatic carbocycles. The summed E-state index contributed by atoms with van der Waals surface area (Å²) < 4.78 is 27.0. The van der Waals surface area contributed by atoms with Crippen LogP contribution in [0.1, 0.15) is 48.5 Å². The van der Waals surface area contributed by atoms with E-state index in [1.54, 1.807) is 0 Å². The van der Waals surface area contributed by atoms with Gasteiger partial charge in [0.2, 0.25) is 10.0 Å². The Labute approximate surface area is 171 Å². The van der Waals surface area contributed by atoms with Crippen LogP contribution in [0, 0.1) is 0 Å². The smallest absolute Gasteiger partial charge is 0.257 e. The zero-order valence-electron chi connectivity index (χ0n) is 15.9. The van der Waals surface area contributed by atoms with Crippen LogP contribution in [0.25, 0.3) is 0 Å². The molecule has 1 fully saturated rings. The number of carbonyl (C=O) groups is 1. The highest BCUT2D eigenvalue weighted by Gasteiger charge is 2.28. The third-order valence-electron chi connectivity index (χ3n) is 4.92. The fourth-order valence-electron chi connectivity index (χ4n) is 3.25. The van der Waals surface area contributed by atoms with E-state index in [9.17, 15) is 13.2 Å². The molecule has 0 spiro atoms. The number of hydrogen-bond acceptors (Lipinski definition) is 3. The number of hydrogen-bond donors (Lipinski definition) is 1. The zero-order chi connectivity index (χ0) is 20.1. The Kier molecular flexibility index (Phi) is 6.75. The fraction of sp³-hybridized carbons (Fsp3) is 0.381. The van der Waals surface area contributed by atoms with Crippen molar-refractivity contribution in [2.75, 3.05) is 18.4 Å². The van der Waals surface area contributed by atoms with Gasteiger partial charge in [0.1, 0.15) is 0 Å². The van der Waals surface area contributed by atoms with Gasteiger partial charge in [-0.25, -0.2) is 8.42 Å². The number of aryl methyl sites for hydroxylation is 1. The Hall–Kier alpha value is -1.89. The monoisotopic (exact) mass is 420 g/mol. The van der Waals surface area contributed by atoms with Gasteiger partial charge < -0.3 is 5.32 Å². The van der Waals surface area contributed by atoms with E-state index in [4.69, 9.17) is 11.6 Å². The van der Waals surface area contributed by atoms with Gasteiger partial charge in [-0.05, 0) is 61.6 Å². The predicted molar refractivity (Wildman–Crippen MR) is 112 cm³/mol. The van der Waals surface area contributed by atoms with Crippen molar-refractivity contribution in [2.45, 2.75) is 43.9 Å². The highest BCUT2D eigenvalue weighted by molar-refractivity contribution is 7.89. The number of sulfonamides is 1. The number of unbranched alkanes of at least 4 members (excludes halogenated alkanes) is 1. The Bertz CT molecular complexity index is 937. The maximum atomic E-state index is 12.8. The third-order valence-corrected chi connectivity index (χ3v) is 7.14. The number of nitrogens with zero attached hydrogens (tertiary/aromatic N) is 1. The molecule has 0 atom stereocenters. The molecule has 0 unspecified atom stereocenters. The van der Waals surface area contributed by atoms with Crippen LogP contribution < -0.4 is 5.32 Å². The number of anilines is 1. The van der Waals surface area contributed by atoms with Crippen molar-refractivity contribution in [1.82, 2.24) is 4.31 Å². The van der Waals surface area contributed by atoms with E-state index in [2.05, 4.69) is 12.2 Å². The lowest BCUT2D eigenvalue weighted by molar-refractivity contribution is 0.102. The Morgan fingerprint density at radius 2 is 1.79 bits per heavy atom. The van der Waals surface area contributed by atoms with E-state index in [-0.39, 0.29) is 15.5 Å². The van der Waals surface area contributed by atoms with Crippen LogP contribution in [0.3, 0.4) is 0 Å². The molecule has 7 heteroatoms. The SMILES string of the molecule is CCCCc1ccc(NC(=O)c2cc(S(=O)(=O)N3CCCC3)ccc2Cl)cc1. The van der Waals surface area contributed by atoms with Crippen LogP contribution in [0.5, 0.6) is 0 Å². The number of amides is 1. The maximum Gasteiger partial charge on any atom is 0.257 e. The largest absolute Gasteiger partial charge is 0.322 e. The highest BCUT2D eigenvalue weighted by Crippen LogP contribution is 2.26. The second-order valence-electron chi connectivity index (χ2n) is 7.01. The molecule has 0 saturated carbocycles. The van der Waals surface area contributed by atoms with Gasteiger partial charge in [0, 0.05) is 18.8 Å². The minimum Gasteiger partial charge on any atom is -0.322 e. The molecule has 1 aliphatic rings. The lowest BCUT2D eigenvalue weighted by Crippen LogP contribution is -2.28. The normalized spacial score (nSPS) is 14.9. The lowest BCUT2D eigenvalue weighted by Gasteiger charge is -2.16. The summed E-state index contributed by atoms with van der Waals surface area (Å²) in [6.07, 6.45) is 4.98. The molecular weight excluding hydrogens is 396 g/mol. The molecule has 1 aliphatic heterocycles. The summed E-state index contributed by atoms with van der Waals surface area (Å²) in [6, 6.07) is 12.0. The summed E-state index contributed by atoms with van der Waals surface area (Å²) in [7, 11) is -3.60. The molecule has 150 valence electrons. The van der Waals surface area contributed by atoms with Crippen LogP contribution in [0.4, 0.5) is 5.69 Å². The summed E-state index contributed by atoms with van der Waals surface area (Å²) in [5, 5.41) is 3.02. The molecule has 1 amide bonds. The van der Waals surface area contributed by atoms with Crippen molar-refractivity contribution >= 4 is 33.2 Å². The Balaban J connectivity index is 1.78. The van der Waals surface area contributed by atoms with E-state index in [0.29, 0.717) is 18.8 Å². The van der Waals surface area contributed by atoms with Crippen LogP contribution in [0.2, 0.25) is 5.02 Å². The van der Waals surface area contributed by atoms with E-state index >= 15 is 0 Å². The van der Waals surface area contributed by atoms with Crippen LogP contribution >= 0.6 is 11.6 Å². The number of rotatable bonds is 7. The predicted octanol–water partition coefficient (Wildman–Crippen LogP) is 4.72. The zero-order valence-corrected chi connectivity index (χ0v) is 17.5. The first-order valence-electron chi connectivity index (χ1n) is 9.62. The molecule has 2 aromatic carbocycles. The average molecular weight is 421 g/mol. The first-order valence-corrected chi connectivity index (χ1v) is 11.4. The van der Waals surface area contributed by atoms with Crippen LogP contribution in [-0.2, 0) is 16.4 Å². The molecule has 28 heavy (non-hydrogen) atoms. The summed E-state index contributed by atoms with van der Waals surface area (Å²) in [5.41, 5.74) is 2.02. The molecule has 1 saturated heterocycles. The van der Waals surface area contributed by atoms with Gasteiger partial charge in [-0.2, -0.15) is 4.31 Å². The minimum absolute atomic E-state index is 0.0962. The maximum absolute atomic E-state index is 12.8. The van der Waals surface area contributed by atoms with Crippen molar-refractivity contribution in [3.63, 3.8) is 0 Å². The second kappa shape index (κ2) is 9.07. The minimum atomic E-state index is -3.60. The van der Waals surface area contributed by atoms with Crippen molar-refractivity contribution in [3.05, 3.63) is 58.6 Å². The molecule has 1 N–H and O–H groups in total. The third kappa shape index (κ3) is 4.74. The van der Waals surface area contributed by atoms with Crippen LogP contribution in [-0.4, -0.2) is 31.7 Å². The summed E-state index contributed by atoms with van der Waals surface area (Å²) in [5.74, 6) is -0.426. The number of benzene rings is 2. The summed E-state index contributed by atoms with van der Waals surface area (Å²) >= 11 is 6.18. The molecule has 2 aromatic rings. The molecule has 0 radical (unpaired) electrons. The number of carbonyl (C=O) groups excluding carboxylic acids is 1. The highest BCUT2D eigenvalue weighted by atomic mass is 35.5. The molecule has 0 bridgehead atoms. The van der Waals surface area contributed by atoms with E-state index in [1.165, 1.54) is 28.1 Å². The second-order valence-corrected chi connectivity index (χ2v) is 9.35. The van der Waals surface area contributed by atoms with Gasteiger partial charge in [0.15, 0.2) is 0 Å². The topological polar surface area (TPSA) is 66.5 Å². The standard InChI is InChI=1S/C21H25ClN2O3S/c1-2-3-6-16-7-9-17(10-8-16)23-21(25)19-15-18(11-12-20(19)22)28(26,27)24-13-4-5-14-24/h7-12,15H,2-6,13-14H2,1H3,(H,23,25). The van der Waals surface area contributed by atoms with E-state index in [0.717, 1.165) is 32.1 Å². The number of halogens is 1. The molecule has 0 aromatic heterocycles. The van der Waals surface area contributed by atoms with Gasteiger partial charge in [-0.15, -0.1) is 0 Å². The Morgan fingerprint density at radius 3 is 2.43 bits per heavy atom. The fourth-order valence-corrected chi connectivity index (χ4v) is 5.00. The lowest BCUT2D eigenvalue weighted by atomic mass is 10.1. The van der Waals surface area contributed by atoms with Gasteiger partial charge in [-0.3, -0.25) is 4.79 Å². The summed E-state index contributed by atoms with van der Waals surface area (Å²) in [4.78, 5) is 12.8. The van der Waals surface area contributed by atoms with Crippen molar-refractivity contribution in [3.8, 4) is 0 Å². The van der Waals surface area contributed by atoms with Crippen molar-refractivity contribution in [1.29, 1.82) is 0 Å². The summed E-state index contributed by atoms with van der Waals surface area (Å²) in [6.45, 7) is 3.17. The first kappa shape index (κ1) is 20.8. The Morgan fingerprint density at radius 1 is 1.11 bits per heavy atom. The average Bonchev–Trinajstić information content (AvgIpc) is 3.23. The molecule has 5 nitrogen and oxygen atoms in total. The van der Waals surface area contributed by atoms with Crippen molar-refractivity contribution < 1.29 is 13.2 Å². The van der Waals surface area contributed by atoms with Crippen LogP contribution in [0.15, 0.2) is 47.4 Å². The van der Waals surface area contributed by atoms with Crippen molar-refractivity contribution in [2.24, 2.45) is 0 Å². The van der Waals surface area contributed by atoms with Gasteiger partial charge in [0.25, 0.3) is 5.91 Å². The first-order chi connectivity index (χ1) is 13.4. The van der Waals surface area contributed by atoms with E-state index in [1.807, 2.05) is 24.3 Å². The number of nitrogens with one attached hydrogen (secondary N) is 1.